The average Bonchev–Trinajstić information content (AvgIpc) is 3.00. The van der Waals surface area contributed by atoms with Crippen LogP contribution in [0.4, 0.5) is 0 Å². The maximum absolute atomic E-state index is 12.5. The standard InChI is InChI=1S/C12H16N2O2S3/c1-13-7-11-12(4-6-18-11)19(15,16)14(2)8-10-3-5-17-9-10/h3-6,9,13H,7-8H2,1-2H3. The van der Waals surface area contributed by atoms with Crippen LogP contribution in [0.25, 0.3) is 0 Å². The molecular formula is C12H16N2O2S3. The lowest BCUT2D eigenvalue weighted by Gasteiger charge is -2.16. The van der Waals surface area contributed by atoms with Crippen LogP contribution in [0.15, 0.2) is 33.2 Å². The van der Waals surface area contributed by atoms with Gasteiger partial charge in [0.05, 0.1) is 4.90 Å². The predicted molar refractivity (Wildman–Crippen MR) is 80.1 cm³/mol. The Bertz CT molecular complexity index is 617. The van der Waals surface area contributed by atoms with Gasteiger partial charge in [0, 0.05) is 25.0 Å². The predicted octanol–water partition coefficient (Wildman–Crippen LogP) is 2.35. The van der Waals surface area contributed by atoms with Crippen LogP contribution < -0.4 is 5.32 Å². The molecule has 7 heteroatoms. The van der Waals surface area contributed by atoms with Gasteiger partial charge in [-0.05, 0) is 40.9 Å². The Morgan fingerprint density at radius 2 is 2.11 bits per heavy atom. The van der Waals surface area contributed by atoms with Crippen LogP contribution in [0.1, 0.15) is 10.4 Å². The van der Waals surface area contributed by atoms with Gasteiger partial charge in [0.1, 0.15) is 0 Å². The molecule has 0 spiro atoms. The zero-order valence-corrected chi connectivity index (χ0v) is 13.2. The molecule has 0 aliphatic heterocycles. The van der Waals surface area contributed by atoms with Gasteiger partial charge in [-0.25, -0.2) is 8.42 Å². The lowest BCUT2D eigenvalue weighted by Crippen LogP contribution is -2.27. The van der Waals surface area contributed by atoms with Crippen molar-refractivity contribution in [3.63, 3.8) is 0 Å². The van der Waals surface area contributed by atoms with E-state index in [0.717, 1.165) is 10.4 Å². The minimum Gasteiger partial charge on any atom is -0.315 e. The van der Waals surface area contributed by atoms with E-state index in [9.17, 15) is 8.42 Å². The monoisotopic (exact) mass is 316 g/mol. The lowest BCUT2D eigenvalue weighted by molar-refractivity contribution is 0.466. The molecule has 0 radical (unpaired) electrons. The summed E-state index contributed by atoms with van der Waals surface area (Å²) < 4.78 is 26.4. The van der Waals surface area contributed by atoms with E-state index in [1.54, 1.807) is 24.5 Å². The van der Waals surface area contributed by atoms with E-state index in [0.29, 0.717) is 18.0 Å². The Morgan fingerprint density at radius 3 is 2.74 bits per heavy atom. The molecule has 0 aliphatic rings. The van der Waals surface area contributed by atoms with E-state index in [-0.39, 0.29) is 0 Å². The fourth-order valence-corrected chi connectivity index (χ4v) is 4.98. The van der Waals surface area contributed by atoms with Gasteiger partial charge in [0.15, 0.2) is 0 Å². The van der Waals surface area contributed by atoms with Crippen molar-refractivity contribution in [2.45, 2.75) is 18.0 Å². The third-order valence-electron chi connectivity index (χ3n) is 2.72. The SMILES string of the molecule is CNCc1sccc1S(=O)(=O)N(C)Cc1ccsc1. The number of nitrogens with one attached hydrogen (secondary N) is 1. The Balaban J connectivity index is 2.23. The highest BCUT2D eigenvalue weighted by Gasteiger charge is 2.24. The highest BCUT2D eigenvalue weighted by Crippen LogP contribution is 2.25. The van der Waals surface area contributed by atoms with E-state index in [4.69, 9.17) is 0 Å². The van der Waals surface area contributed by atoms with Crippen molar-refractivity contribution in [3.05, 3.63) is 38.7 Å². The van der Waals surface area contributed by atoms with Crippen LogP contribution in [0.3, 0.4) is 0 Å². The highest BCUT2D eigenvalue weighted by atomic mass is 32.2. The number of hydrogen-bond acceptors (Lipinski definition) is 5. The quantitative estimate of drug-likeness (QED) is 0.890. The number of sulfonamides is 1. The second kappa shape index (κ2) is 6.15. The van der Waals surface area contributed by atoms with E-state index in [1.165, 1.54) is 15.6 Å². The van der Waals surface area contributed by atoms with Gasteiger partial charge in [0.2, 0.25) is 10.0 Å². The van der Waals surface area contributed by atoms with Crippen LogP contribution in [0.2, 0.25) is 0 Å². The molecule has 2 aromatic heterocycles. The third-order valence-corrected chi connectivity index (χ3v) is 6.39. The van der Waals surface area contributed by atoms with Crippen molar-refractivity contribution in [1.29, 1.82) is 0 Å². The summed E-state index contributed by atoms with van der Waals surface area (Å²) in [6.45, 7) is 0.971. The second-order valence-corrected chi connectivity index (χ2v) is 7.93. The molecule has 0 fully saturated rings. The first-order valence-corrected chi connectivity index (χ1v) is 9.00. The molecule has 104 valence electrons. The maximum atomic E-state index is 12.5. The second-order valence-electron chi connectivity index (χ2n) is 4.13. The Hall–Kier alpha value is -0.730. The van der Waals surface area contributed by atoms with Gasteiger partial charge >= 0.3 is 0 Å². The summed E-state index contributed by atoms with van der Waals surface area (Å²) >= 11 is 3.03. The smallest absolute Gasteiger partial charge is 0.244 e. The van der Waals surface area contributed by atoms with Crippen molar-refractivity contribution in [2.24, 2.45) is 0 Å². The van der Waals surface area contributed by atoms with Crippen molar-refractivity contribution >= 4 is 32.7 Å². The topological polar surface area (TPSA) is 49.4 Å². The van der Waals surface area contributed by atoms with Crippen LogP contribution in [-0.2, 0) is 23.1 Å². The fourth-order valence-electron chi connectivity index (χ4n) is 1.74. The summed E-state index contributed by atoms with van der Waals surface area (Å²) in [7, 11) is 0.0134. The van der Waals surface area contributed by atoms with Crippen molar-refractivity contribution in [3.8, 4) is 0 Å². The van der Waals surface area contributed by atoms with Crippen LogP contribution in [0.5, 0.6) is 0 Å². The number of rotatable bonds is 6. The fraction of sp³-hybridized carbons (Fsp3) is 0.333. The maximum Gasteiger partial charge on any atom is 0.244 e. The summed E-state index contributed by atoms with van der Waals surface area (Å²) in [6, 6.07) is 3.62. The van der Waals surface area contributed by atoms with Gasteiger partial charge < -0.3 is 5.32 Å². The van der Waals surface area contributed by atoms with E-state index < -0.39 is 10.0 Å². The van der Waals surface area contributed by atoms with E-state index in [2.05, 4.69) is 5.32 Å². The number of hydrogen-bond donors (Lipinski definition) is 1. The van der Waals surface area contributed by atoms with Crippen LogP contribution in [-0.4, -0.2) is 26.8 Å². The van der Waals surface area contributed by atoms with Gasteiger partial charge in [-0.1, -0.05) is 0 Å². The molecule has 0 bridgehead atoms. The Labute approximate surface area is 121 Å². The Morgan fingerprint density at radius 1 is 1.32 bits per heavy atom. The van der Waals surface area contributed by atoms with Crippen molar-refractivity contribution in [1.82, 2.24) is 9.62 Å². The molecule has 0 amide bonds. The molecular weight excluding hydrogens is 300 g/mol. The summed E-state index contributed by atoms with van der Waals surface area (Å²) in [5.41, 5.74) is 1.02. The summed E-state index contributed by atoms with van der Waals surface area (Å²) in [4.78, 5) is 1.25. The third kappa shape index (κ3) is 3.24. The molecule has 2 aromatic rings. The largest absolute Gasteiger partial charge is 0.315 e. The summed E-state index contributed by atoms with van der Waals surface area (Å²) in [5, 5.41) is 8.73. The zero-order valence-electron chi connectivity index (χ0n) is 10.8. The number of nitrogens with zero attached hydrogens (tertiary/aromatic N) is 1. The molecule has 0 unspecified atom stereocenters. The minimum atomic E-state index is -3.42. The summed E-state index contributed by atoms with van der Waals surface area (Å²) in [6.07, 6.45) is 0. The molecule has 19 heavy (non-hydrogen) atoms. The van der Waals surface area contributed by atoms with Crippen molar-refractivity contribution < 1.29 is 8.42 Å². The van der Waals surface area contributed by atoms with E-state index >= 15 is 0 Å². The molecule has 1 N–H and O–H groups in total. The molecule has 4 nitrogen and oxygen atoms in total. The van der Waals surface area contributed by atoms with Gasteiger partial charge in [-0.3, -0.25) is 0 Å². The number of thiophene rings is 2. The molecule has 2 rings (SSSR count). The molecule has 0 saturated carbocycles. The first-order chi connectivity index (χ1) is 9.05. The molecule has 0 aromatic carbocycles. The summed E-state index contributed by atoms with van der Waals surface area (Å²) in [5.74, 6) is 0. The average molecular weight is 316 g/mol. The first-order valence-electron chi connectivity index (χ1n) is 5.74. The van der Waals surface area contributed by atoms with E-state index in [1.807, 2.05) is 29.3 Å². The highest BCUT2D eigenvalue weighted by molar-refractivity contribution is 7.89. The molecule has 2 heterocycles. The van der Waals surface area contributed by atoms with Gasteiger partial charge in [-0.2, -0.15) is 15.6 Å². The van der Waals surface area contributed by atoms with Crippen LogP contribution in [0, 0.1) is 0 Å². The molecule has 0 aliphatic carbocycles. The van der Waals surface area contributed by atoms with Gasteiger partial charge in [0.25, 0.3) is 0 Å². The van der Waals surface area contributed by atoms with Crippen molar-refractivity contribution in [2.75, 3.05) is 14.1 Å². The minimum absolute atomic E-state index is 0.403. The zero-order chi connectivity index (χ0) is 13.9. The Kier molecular flexibility index (Phi) is 4.75. The lowest BCUT2D eigenvalue weighted by atomic mass is 10.3. The van der Waals surface area contributed by atoms with Crippen LogP contribution >= 0.6 is 22.7 Å². The first kappa shape index (κ1) is 14.7. The normalized spacial score (nSPS) is 12.2. The van der Waals surface area contributed by atoms with Gasteiger partial charge in [-0.15, -0.1) is 11.3 Å². The molecule has 0 atom stereocenters. The molecule has 0 saturated heterocycles.